The summed E-state index contributed by atoms with van der Waals surface area (Å²) >= 11 is 1.71. The molecular formula is C12H20N2O2S. The Morgan fingerprint density at radius 3 is 2.65 bits per heavy atom. The SMILES string of the molecule is CSCCN1CC(=O)NC2(CCCCC2)C1=O. The van der Waals surface area contributed by atoms with Gasteiger partial charge in [-0.2, -0.15) is 11.8 Å². The molecule has 0 aromatic carbocycles. The van der Waals surface area contributed by atoms with Gasteiger partial charge in [0.1, 0.15) is 5.54 Å². The van der Waals surface area contributed by atoms with Crippen LogP contribution >= 0.6 is 11.8 Å². The number of piperazine rings is 1. The first-order valence-electron chi connectivity index (χ1n) is 6.27. The second kappa shape index (κ2) is 5.29. The van der Waals surface area contributed by atoms with E-state index in [-0.39, 0.29) is 18.4 Å². The molecule has 1 aliphatic carbocycles. The molecule has 1 saturated heterocycles. The van der Waals surface area contributed by atoms with Crippen molar-refractivity contribution in [1.29, 1.82) is 0 Å². The number of hydrogen-bond acceptors (Lipinski definition) is 3. The average molecular weight is 256 g/mol. The third-order valence-electron chi connectivity index (χ3n) is 3.68. The van der Waals surface area contributed by atoms with Crippen LogP contribution in [0, 0.1) is 0 Å². The van der Waals surface area contributed by atoms with Crippen molar-refractivity contribution in [1.82, 2.24) is 10.2 Å². The number of nitrogens with zero attached hydrogens (tertiary/aromatic N) is 1. The minimum atomic E-state index is -0.564. The second-order valence-corrected chi connectivity index (χ2v) is 5.90. The topological polar surface area (TPSA) is 49.4 Å². The molecule has 1 spiro atoms. The Bertz CT molecular complexity index is 314. The molecule has 1 heterocycles. The molecule has 2 rings (SSSR count). The maximum Gasteiger partial charge on any atom is 0.248 e. The van der Waals surface area contributed by atoms with Crippen molar-refractivity contribution >= 4 is 23.6 Å². The third-order valence-corrected chi connectivity index (χ3v) is 4.27. The van der Waals surface area contributed by atoms with Gasteiger partial charge in [-0.25, -0.2) is 0 Å². The molecule has 1 aliphatic heterocycles. The molecule has 5 heteroatoms. The van der Waals surface area contributed by atoms with Crippen LogP contribution in [0.5, 0.6) is 0 Å². The lowest BCUT2D eigenvalue weighted by atomic mass is 9.79. The smallest absolute Gasteiger partial charge is 0.248 e. The Morgan fingerprint density at radius 2 is 2.00 bits per heavy atom. The number of rotatable bonds is 3. The Hall–Kier alpha value is -0.710. The van der Waals surface area contributed by atoms with E-state index in [1.165, 1.54) is 6.42 Å². The summed E-state index contributed by atoms with van der Waals surface area (Å²) in [6.07, 6.45) is 6.91. The summed E-state index contributed by atoms with van der Waals surface area (Å²) in [7, 11) is 0. The minimum Gasteiger partial charge on any atom is -0.340 e. The summed E-state index contributed by atoms with van der Waals surface area (Å²) in [5.74, 6) is 1.05. The fourth-order valence-corrected chi connectivity index (χ4v) is 3.19. The van der Waals surface area contributed by atoms with Crippen molar-refractivity contribution < 1.29 is 9.59 Å². The molecule has 1 saturated carbocycles. The van der Waals surface area contributed by atoms with Crippen LogP contribution in [0.15, 0.2) is 0 Å². The first-order valence-corrected chi connectivity index (χ1v) is 7.67. The van der Waals surface area contributed by atoms with E-state index in [0.29, 0.717) is 6.54 Å². The molecule has 0 unspecified atom stereocenters. The molecule has 0 aromatic rings. The number of carbonyl (C=O) groups excluding carboxylic acids is 2. The average Bonchev–Trinajstić information content (AvgIpc) is 2.33. The van der Waals surface area contributed by atoms with E-state index in [0.717, 1.165) is 31.4 Å². The van der Waals surface area contributed by atoms with Crippen LogP contribution in [0.2, 0.25) is 0 Å². The maximum absolute atomic E-state index is 12.5. The third kappa shape index (κ3) is 2.59. The first kappa shape index (κ1) is 12.7. The van der Waals surface area contributed by atoms with Gasteiger partial charge in [0.15, 0.2) is 0 Å². The van der Waals surface area contributed by atoms with Gasteiger partial charge in [0.2, 0.25) is 11.8 Å². The predicted molar refractivity (Wildman–Crippen MR) is 68.9 cm³/mol. The molecule has 0 radical (unpaired) electrons. The lowest BCUT2D eigenvalue weighted by Crippen LogP contribution is -2.67. The number of thioether (sulfide) groups is 1. The van der Waals surface area contributed by atoms with Crippen molar-refractivity contribution in [2.24, 2.45) is 0 Å². The van der Waals surface area contributed by atoms with Gasteiger partial charge in [-0.15, -0.1) is 0 Å². The summed E-state index contributed by atoms with van der Waals surface area (Å²) in [5, 5.41) is 2.95. The maximum atomic E-state index is 12.5. The van der Waals surface area contributed by atoms with Crippen LogP contribution in [0.25, 0.3) is 0 Å². The van der Waals surface area contributed by atoms with Crippen molar-refractivity contribution in [3.63, 3.8) is 0 Å². The highest BCUT2D eigenvalue weighted by molar-refractivity contribution is 7.98. The summed E-state index contributed by atoms with van der Waals surface area (Å²) < 4.78 is 0. The van der Waals surface area contributed by atoms with Gasteiger partial charge in [-0.1, -0.05) is 19.3 Å². The number of nitrogens with one attached hydrogen (secondary N) is 1. The van der Waals surface area contributed by atoms with Gasteiger partial charge in [0, 0.05) is 12.3 Å². The summed E-state index contributed by atoms with van der Waals surface area (Å²) in [5.41, 5.74) is -0.564. The van der Waals surface area contributed by atoms with Crippen LogP contribution < -0.4 is 5.32 Å². The molecule has 2 amide bonds. The van der Waals surface area contributed by atoms with Crippen LogP contribution in [-0.4, -0.2) is 47.4 Å². The Morgan fingerprint density at radius 1 is 1.29 bits per heavy atom. The fraction of sp³-hybridized carbons (Fsp3) is 0.833. The molecule has 2 aliphatic rings. The molecule has 96 valence electrons. The Balaban J connectivity index is 2.10. The van der Waals surface area contributed by atoms with Crippen molar-refractivity contribution in [2.75, 3.05) is 25.1 Å². The quantitative estimate of drug-likeness (QED) is 0.820. The van der Waals surface area contributed by atoms with Gasteiger partial charge in [0.05, 0.1) is 6.54 Å². The highest BCUT2D eigenvalue weighted by Crippen LogP contribution is 2.31. The van der Waals surface area contributed by atoms with Crippen LogP contribution in [-0.2, 0) is 9.59 Å². The zero-order valence-corrected chi connectivity index (χ0v) is 11.1. The second-order valence-electron chi connectivity index (χ2n) is 4.91. The van der Waals surface area contributed by atoms with Gasteiger partial charge in [-0.05, 0) is 19.1 Å². The lowest BCUT2D eigenvalue weighted by Gasteiger charge is -2.44. The molecule has 0 bridgehead atoms. The van der Waals surface area contributed by atoms with Gasteiger partial charge < -0.3 is 10.2 Å². The van der Waals surface area contributed by atoms with Crippen LogP contribution in [0.1, 0.15) is 32.1 Å². The van der Waals surface area contributed by atoms with E-state index in [4.69, 9.17) is 0 Å². The minimum absolute atomic E-state index is 0.00704. The predicted octanol–water partition coefficient (Wildman–Crippen LogP) is 1.01. The van der Waals surface area contributed by atoms with Crippen molar-refractivity contribution in [3.05, 3.63) is 0 Å². The van der Waals surface area contributed by atoms with Crippen LogP contribution in [0.3, 0.4) is 0 Å². The molecule has 4 nitrogen and oxygen atoms in total. The highest BCUT2D eigenvalue weighted by Gasteiger charge is 2.46. The summed E-state index contributed by atoms with van der Waals surface area (Å²) in [6.45, 7) is 0.927. The lowest BCUT2D eigenvalue weighted by molar-refractivity contribution is -0.151. The summed E-state index contributed by atoms with van der Waals surface area (Å²) in [4.78, 5) is 25.9. The van der Waals surface area contributed by atoms with E-state index < -0.39 is 5.54 Å². The summed E-state index contributed by atoms with van der Waals surface area (Å²) in [6, 6.07) is 0. The molecule has 17 heavy (non-hydrogen) atoms. The van der Waals surface area contributed by atoms with Crippen molar-refractivity contribution in [3.8, 4) is 0 Å². The molecule has 2 fully saturated rings. The molecule has 1 N–H and O–H groups in total. The zero-order chi connectivity index (χ0) is 12.3. The fourth-order valence-electron chi connectivity index (χ4n) is 2.78. The first-order chi connectivity index (χ1) is 8.18. The van der Waals surface area contributed by atoms with Gasteiger partial charge in [-0.3, -0.25) is 9.59 Å². The molecular weight excluding hydrogens is 236 g/mol. The van der Waals surface area contributed by atoms with E-state index in [2.05, 4.69) is 5.32 Å². The largest absolute Gasteiger partial charge is 0.340 e. The zero-order valence-electron chi connectivity index (χ0n) is 10.3. The monoisotopic (exact) mass is 256 g/mol. The van der Waals surface area contributed by atoms with E-state index in [1.807, 2.05) is 6.26 Å². The Kier molecular flexibility index (Phi) is 3.97. The Labute approximate surface area is 106 Å². The highest BCUT2D eigenvalue weighted by atomic mass is 32.2. The van der Waals surface area contributed by atoms with Crippen molar-refractivity contribution in [2.45, 2.75) is 37.6 Å². The number of carbonyl (C=O) groups is 2. The van der Waals surface area contributed by atoms with E-state index in [1.54, 1.807) is 16.7 Å². The van der Waals surface area contributed by atoms with E-state index >= 15 is 0 Å². The normalized spacial score (nSPS) is 23.9. The van der Waals surface area contributed by atoms with Gasteiger partial charge in [0.25, 0.3) is 0 Å². The standard InChI is InChI=1S/C12H20N2O2S/c1-17-8-7-14-9-10(15)13-12(11(14)16)5-3-2-4-6-12/h2-9H2,1H3,(H,13,15). The molecule has 0 aromatic heterocycles. The molecule has 0 atom stereocenters. The van der Waals surface area contributed by atoms with Crippen LogP contribution in [0.4, 0.5) is 0 Å². The van der Waals surface area contributed by atoms with E-state index in [9.17, 15) is 9.59 Å². The van der Waals surface area contributed by atoms with Gasteiger partial charge >= 0.3 is 0 Å². The number of amides is 2. The number of hydrogen-bond donors (Lipinski definition) is 1.